The number of hydrogen-bond donors (Lipinski definition) is 2. The molecule has 26 heavy (non-hydrogen) atoms. The largest absolute Gasteiger partial charge is 0.335 e. The lowest BCUT2D eigenvalue weighted by Crippen LogP contribution is -2.47. The van der Waals surface area contributed by atoms with Crippen LogP contribution in [0.4, 0.5) is 13.6 Å². The van der Waals surface area contributed by atoms with Crippen LogP contribution < -0.4 is 10.6 Å². The van der Waals surface area contributed by atoms with Gasteiger partial charge >= 0.3 is 6.03 Å². The Morgan fingerprint density at radius 3 is 2.65 bits per heavy atom. The Morgan fingerprint density at radius 2 is 2.04 bits per heavy atom. The number of urea groups is 1. The molecule has 6 heteroatoms. The fourth-order valence-corrected chi connectivity index (χ4v) is 3.44. The van der Waals surface area contributed by atoms with Crippen molar-refractivity contribution in [3.63, 3.8) is 0 Å². The molecule has 2 N–H and O–H groups in total. The molecular weight excluding hydrogens is 336 g/mol. The van der Waals surface area contributed by atoms with Crippen LogP contribution in [-0.2, 0) is 6.54 Å². The lowest BCUT2D eigenvalue weighted by atomic mass is 9.97. The van der Waals surface area contributed by atoms with E-state index < -0.39 is 11.6 Å². The smallest absolute Gasteiger partial charge is 0.317 e. The minimum absolute atomic E-state index is 0.126. The number of nitrogens with zero attached hydrogens (tertiary/aromatic N) is 1. The van der Waals surface area contributed by atoms with E-state index in [9.17, 15) is 13.6 Å². The van der Waals surface area contributed by atoms with Gasteiger partial charge < -0.3 is 15.5 Å². The molecule has 1 unspecified atom stereocenters. The summed E-state index contributed by atoms with van der Waals surface area (Å²) in [5.74, 6) is -0.805. The first kappa shape index (κ1) is 20.6. The van der Waals surface area contributed by atoms with Crippen LogP contribution in [0.25, 0.3) is 0 Å². The van der Waals surface area contributed by atoms with Crippen LogP contribution in [0, 0.1) is 17.6 Å². The van der Waals surface area contributed by atoms with Crippen molar-refractivity contribution in [1.82, 2.24) is 15.5 Å². The zero-order valence-corrected chi connectivity index (χ0v) is 15.9. The molecule has 1 fully saturated rings. The summed E-state index contributed by atoms with van der Waals surface area (Å²) >= 11 is 0. The van der Waals surface area contributed by atoms with Gasteiger partial charge in [0, 0.05) is 24.2 Å². The molecule has 0 radical (unpaired) electrons. The zero-order valence-electron chi connectivity index (χ0n) is 15.9. The first-order chi connectivity index (χ1) is 12.5. The number of carbonyl (C=O) groups excluding carboxylic acids is 1. The van der Waals surface area contributed by atoms with Crippen LogP contribution in [0.15, 0.2) is 18.2 Å². The summed E-state index contributed by atoms with van der Waals surface area (Å²) in [5.41, 5.74) is 0.346. The number of hydrogen-bond acceptors (Lipinski definition) is 2. The monoisotopic (exact) mass is 367 g/mol. The molecule has 0 aromatic heterocycles. The standard InChI is InChI=1S/C20H31F2N3O/c1-3-5-18(4-2)24-20(26)25(13-15-8-10-23-11-9-15)14-16-6-7-17(21)12-19(16)22/h6-7,12,15,18,23H,3-5,8-11,13-14H2,1-2H3,(H,24,26). The number of benzene rings is 1. The van der Waals surface area contributed by atoms with Crippen molar-refractivity contribution in [1.29, 1.82) is 0 Å². The Kier molecular flexibility index (Phi) is 8.29. The van der Waals surface area contributed by atoms with E-state index in [2.05, 4.69) is 24.5 Å². The number of halogens is 2. The first-order valence-electron chi connectivity index (χ1n) is 9.73. The molecule has 0 saturated carbocycles. The van der Waals surface area contributed by atoms with E-state index in [1.165, 1.54) is 12.1 Å². The Balaban J connectivity index is 2.10. The first-order valence-corrected chi connectivity index (χ1v) is 9.73. The fraction of sp³-hybridized carbons (Fsp3) is 0.650. The summed E-state index contributed by atoms with van der Waals surface area (Å²) in [5, 5.41) is 6.40. The molecule has 2 amide bonds. The van der Waals surface area contributed by atoms with Gasteiger partial charge in [0.15, 0.2) is 0 Å². The van der Waals surface area contributed by atoms with E-state index in [0.717, 1.165) is 51.3 Å². The number of piperidine rings is 1. The Morgan fingerprint density at radius 1 is 1.31 bits per heavy atom. The molecule has 146 valence electrons. The SMILES string of the molecule is CCCC(CC)NC(=O)N(Cc1ccc(F)cc1F)CC1CCNCC1. The van der Waals surface area contributed by atoms with Crippen LogP contribution >= 0.6 is 0 Å². The highest BCUT2D eigenvalue weighted by molar-refractivity contribution is 5.74. The van der Waals surface area contributed by atoms with Gasteiger partial charge in [-0.1, -0.05) is 26.3 Å². The summed E-state index contributed by atoms with van der Waals surface area (Å²) in [6.45, 7) is 6.78. The van der Waals surface area contributed by atoms with E-state index in [1.54, 1.807) is 4.90 Å². The molecule has 1 aliphatic heterocycles. The molecule has 1 saturated heterocycles. The normalized spacial score (nSPS) is 16.3. The molecule has 0 aliphatic carbocycles. The minimum Gasteiger partial charge on any atom is -0.335 e. The number of nitrogens with one attached hydrogen (secondary N) is 2. The third-order valence-corrected chi connectivity index (χ3v) is 5.06. The molecular formula is C20H31F2N3O. The zero-order chi connectivity index (χ0) is 18.9. The van der Waals surface area contributed by atoms with Gasteiger partial charge in [-0.3, -0.25) is 0 Å². The maximum Gasteiger partial charge on any atom is 0.317 e. The summed E-state index contributed by atoms with van der Waals surface area (Å²) < 4.78 is 27.3. The van der Waals surface area contributed by atoms with Crippen LogP contribution in [0.3, 0.4) is 0 Å². The molecule has 2 rings (SSSR count). The second kappa shape index (κ2) is 10.5. The third kappa shape index (κ3) is 6.24. The van der Waals surface area contributed by atoms with E-state index in [4.69, 9.17) is 0 Å². The van der Waals surface area contributed by atoms with Gasteiger partial charge in [-0.15, -0.1) is 0 Å². The van der Waals surface area contributed by atoms with E-state index in [-0.39, 0.29) is 18.6 Å². The van der Waals surface area contributed by atoms with E-state index >= 15 is 0 Å². The van der Waals surface area contributed by atoms with Gasteiger partial charge in [-0.2, -0.15) is 0 Å². The highest BCUT2D eigenvalue weighted by Gasteiger charge is 2.23. The van der Waals surface area contributed by atoms with Crippen molar-refractivity contribution >= 4 is 6.03 Å². The molecule has 0 bridgehead atoms. The third-order valence-electron chi connectivity index (χ3n) is 5.06. The maximum absolute atomic E-state index is 14.1. The lowest BCUT2D eigenvalue weighted by molar-refractivity contribution is 0.171. The van der Waals surface area contributed by atoms with E-state index in [1.807, 2.05) is 0 Å². The van der Waals surface area contributed by atoms with Crippen LogP contribution in [0.2, 0.25) is 0 Å². The number of amides is 2. The number of carbonyl (C=O) groups is 1. The molecule has 1 atom stereocenters. The summed E-state index contributed by atoms with van der Waals surface area (Å²) in [6.07, 6.45) is 4.80. The molecule has 1 aliphatic rings. The molecule has 1 aromatic carbocycles. The van der Waals surface area contributed by atoms with Gasteiger partial charge in [0.25, 0.3) is 0 Å². The topological polar surface area (TPSA) is 44.4 Å². The van der Waals surface area contributed by atoms with Gasteiger partial charge in [0.05, 0.1) is 6.54 Å². The Bertz CT molecular complexity index is 576. The quantitative estimate of drug-likeness (QED) is 0.728. The highest BCUT2D eigenvalue weighted by Crippen LogP contribution is 2.18. The predicted octanol–water partition coefficient (Wildman–Crippen LogP) is 4.05. The van der Waals surface area contributed by atoms with Crippen molar-refractivity contribution < 1.29 is 13.6 Å². The molecule has 1 heterocycles. The van der Waals surface area contributed by atoms with Gasteiger partial charge in [0.2, 0.25) is 0 Å². The minimum atomic E-state index is -0.603. The van der Waals surface area contributed by atoms with Crippen molar-refractivity contribution in [2.45, 2.75) is 58.5 Å². The summed E-state index contributed by atoms with van der Waals surface area (Å²) in [4.78, 5) is 14.5. The lowest BCUT2D eigenvalue weighted by Gasteiger charge is -2.31. The Hall–Kier alpha value is -1.69. The van der Waals surface area contributed by atoms with Crippen LogP contribution in [-0.4, -0.2) is 36.6 Å². The van der Waals surface area contributed by atoms with Crippen molar-refractivity contribution in [2.75, 3.05) is 19.6 Å². The predicted molar refractivity (Wildman–Crippen MR) is 99.9 cm³/mol. The van der Waals surface area contributed by atoms with Crippen molar-refractivity contribution in [3.05, 3.63) is 35.4 Å². The average Bonchev–Trinajstić information content (AvgIpc) is 2.63. The van der Waals surface area contributed by atoms with Crippen LogP contribution in [0.5, 0.6) is 0 Å². The second-order valence-corrected chi connectivity index (χ2v) is 7.15. The fourth-order valence-electron chi connectivity index (χ4n) is 3.44. The molecule has 4 nitrogen and oxygen atoms in total. The van der Waals surface area contributed by atoms with Crippen molar-refractivity contribution in [3.8, 4) is 0 Å². The highest BCUT2D eigenvalue weighted by atomic mass is 19.1. The van der Waals surface area contributed by atoms with Gasteiger partial charge in [-0.05, 0) is 50.8 Å². The molecule has 1 aromatic rings. The number of rotatable bonds is 8. The van der Waals surface area contributed by atoms with Crippen LogP contribution in [0.1, 0.15) is 51.5 Å². The van der Waals surface area contributed by atoms with Gasteiger partial charge in [0.1, 0.15) is 11.6 Å². The van der Waals surface area contributed by atoms with Gasteiger partial charge in [-0.25, -0.2) is 13.6 Å². The summed E-state index contributed by atoms with van der Waals surface area (Å²) in [7, 11) is 0. The summed E-state index contributed by atoms with van der Waals surface area (Å²) in [6, 6.07) is 3.51. The average molecular weight is 367 g/mol. The Labute approximate surface area is 155 Å². The maximum atomic E-state index is 14.1. The van der Waals surface area contributed by atoms with Crippen molar-refractivity contribution in [2.24, 2.45) is 5.92 Å². The van der Waals surface area contributed by atoms with E-state index in [0.29, 0.717) is 18.0 Å². The second-order valence-electron chi connectivity index (χ2n) is 7.15. The molecule has 0 spiro atoms.